The topological polar surface area (TPSA) is 79.1 Å². The molecule has 0 aliphatic carbocycles. The zero-order chi connectivity index (χ0) is 15.4. The summed E-state index contributed by atoms with van der Waals surface area (Å²) in [5.41, 5.74) is 1.13. The Morgan fingerprint density at radius 2 is 2.14 bits per heavy atom. The van der Waals surface area contributed by atoms with E-state index in [4.69, 9.17) is 10.00 Å². The normalized spacial score (nSPS) is 17.0. The van der Waals surface area contributed by atoms with Gasteiger partial charge in [-0.1, -0.05) is 0 Å². The standard InChI is InChI=1S/C16H14N4O2/c17-9-12-1-3-13(4-2-12)16(21)20-8-5-14(11-20)22-15-10-18-6-7-19-15/h1-4,6-7,10,14H,5,8,11H2. The minimum atomic E-state index is -0.0703. The molecule has 1 saturated heterocycles. The van der Waals surface area contributed by atoms with Crippen molar-refractivity contribution in [1.82, 2.24) is 14.9 Å². The molecule has 6 heteroatoms. The number of rotatable bonds is 3. The largest absolute Gasteiger partial charge is 0.471 e. The van der Waals surface area contributed by atoms with E-state index in [1.54, 1.807) is 47.8 Å². The molecule has 22 heavy (non-hydrogen) atoms. The van der Waals surface area contributed by atoms with Crippen molar-refractivity contribution in [2.45, 2.75) is 12.5 Å². The van der Waals surface area contributed by atoms with E-state index in [1.807, 2.05) is 6.07 Å². The first kappa shape index (κ1) is 14.0. The van der Waals surface area contributed by atoms with E-state index in [2.05, 4.69) is 9.97 Å². The summed E-state index contributed by atoms with van der Waals surface area (Å²) in [6, 6.07) is 8.70. The Bertz CT molecular complexity index is 694. The van der Waals surface area contributed by atoms with E-state index in [9.17, 15) is 4.79 Å². The van der Waals surface area contributed by atoms with Gasteiger partial charge in [-0.2, -0.15) is 5.26 Å². The number of hydrogen-bond donors (Lipinski definition) is 0. The van der Waals surface area contributed by atoms with Crippen molar-refractivity contribution < 1.29 is 9.53 Å². The molecule has 1 fully saturated rings. The number of aromatic nitrogens is 2. The van der Waals surface area contributed by atoms with Crippen molar-refractivity contribution in [3.8, 4) is 11.9 Å². The molecule has 0 bridgehead atoms. The summed E-state index contributed by atoms with van der Waals surface area (Å²) in [6.45, 7) is 1.17. The van der Waals surface area contributed by atoms with Gasteiger partial charge in [0.05, 0.1) is 24.4 Å². The fraction of sp³-hybridized carbons (Fsp3) is 0.250. The maximum atomic E-state index is 12.4. The maximum Gasteiger partial charge on any atom is 0.253 e. The Kier molecular flexibility index (Phi) is 3.97. The predicted molar refractivity (Wildman–Crippen MR) is 78.1 cm³/mol. The molecule has 1 aromatic carbocycles. The quantitative estimate of drug-likeness (QED) is 0.860. The van der Waals surface area contributed by atoms with E-state index < -0.39 is 0 Å². The molecule has 1 atom stereocenters. The van der Waals surface area contributed by atoms with Crippen molar-refractivity contribution in [1.29, 1.82) is 5.26 Å². The van der Waals surface area contributed by atoms with Gasteiger partial charge in [0.1, 0.15) is 6.10 Å². The molecule has 0 N–H and O–H groups in total. The van der Waals surface area contributed by atoms with Gasteiger partial charge >= 0.3 is 0 Å². The Morgan fingerprint density at radius 3 is 2.82 bits per heavy atom. The highest BCUT2D eigenvalue weighted by Crippen LogP contribution is 2.18. The van der Waals surface area contributed by atoms with Crippen molar-refractivity contribution in [2.75, 3.05) is 13.1 Å². The van der Waals surface area contributed by atoms with E-state index in [-0.39, 0.29) is 12.0 Å². The van der Waals surface area contributed by atoms with Crippen LogP contribution in [0.25, 0.3) is 0 Å². The first-order chi connectivity index (χ1) is 10.8. The fourth-order valence-corrected chi connectivity index (χ4v) is 2.40. The van der Waals surface area contributed by atoms with Crippen LogP contribution >= 0.6 is 0 Å². The molecule has 2 heterocycles. The third-order valence-corrected chi connectivity index (χ3v) is 3.52. The van der Waals surface area contributed by atoms with Crippen molar-refractivity contribution in [3.05, 3.63) is 54.0 Å². The summed E-state index contributed by atoms with van der Waals surface area (Å²) in [4.78, 5) is 22.2. The lowest BCUT2D eigenvalue weighted by Gasteiger charge is -2.17. The summed E-state index contributed by atoms with van der Waals surface area (Å²) in [7, 11) is 0. The van der Waals surface area contributed by atoms with Gasteiger partial charge in [0, 0.05) is 30.9 Å². The fourth-order valence-electron chi connectivity index (χ4n) is 2.40. The van der Waals surface area contributed by atoms with Crippen LogP contribution in [0.5, 0.6) is 5.88 Å². The summed E-state index contributed by atoms with van der Waals surface area (Å²) in [5, 5.41) is 8.78. The van der Waals surface area contributed by atoms with Gasteiger partial charge in [0.2, 0.25) is 5.88 Å². The summed E-state index contributed by atoms with van der Waals surface area (Å²) in [6.07, 6.45) is 5.41. The monoisotopic (exact) mass is 294 g/mol. The minimum absolute atomic E-state index is 0.0465. The molecular weight excluding hydrogens is 280 g/mol. The van der Waals surface area contributed by atoms with E-state index in [0.717, 1.165) is 6.42 Å². The van der Waals surface area contributed by atoms with Crippen molar-refractivity contribution in [2.24, 2.45) is 0 Å². The molecule has 110 valence electrons. The number of carbonyl (C=O) groups excluding carboxylic acids is 1. The van der Waals surface area contributed by atoms with Gasteiger partial charge in [0.15, 0.2) is 0 Å². The first-order valence-electron chi connectivity index (χ1n) is 6.98. The molecule has 2 aromatic rings. The van der Waals surface area contributed by atoms with Crippen LogP contribution in [0.2, 0.25) is 0 Å². The van der Waals surface area contributed by atoms with Crippen LogP contribution in [0.15, 0.2) is 42.9 Å². The van der Waals surface area contributed by atoms with Gasteiger partial charge < -0.3 is 9.64 Å². The number of hydrogen-bond acceptors (Lipinski definition) is 5. The van der Waals surface area contributed by atoms with E-state index in [1.165, 1.54) is 0 Å². The highest BCUT2D eigenvalue weighted by molar-refractivity contribution is 5.94. The number of amides is 1. The SMILES string of the molecule is N#Cc1ccc(C(=O)N2CCC(Oc3cnccn3)C2)cc1. The van der Waals surface area contributed by atoms with E-state index >= 15 is 0 Å². The molecule has 6 nitrogen and oxygen atoms in total. The number of nitrogens with zero attached hydrogens (tertiary/aromatic N) is 4. The minimum Gasteiger partial charge on any atom is -0.471 e. The number of nitriles is 1. The summed E-state index contributed by atoms with van der Waals surface area (Å²) < 4.78 is 5.72. The molecular formula is C16H14N4O2. The Morgan fingerprint density at radius 1 is 1.32 bits per heavy atom. The predicted octanol–water partition coefficient (Wildman–Crippen LogP) is 1.64. The lowest BCUT2D eigenvalue weighted by atomic mass is 10.1. The summed E-state index contributed by atoms with van der Waals surface area (Å²) >= 11 is 0. The van der Waals surface area contributed by atoms with Crippen LogP contribution in [-0.4, -0.2) is 40.0 Å². The van der Waals surface area contributed by atoms with Crippen LogP contribution in [0.1, 0.15) is 22.3 Å². The Labute approximate surface area is 128 Å². The van der Waals surface area contributed by atoms with Crippen LogP contribution < -0.4 is 4.74 Å². The number of benzene rings is 1. The molecule has 3 rings (SSSR count). The zero-order valence-electron chi connectivity index (χ0n) is 11.8. The molecule has 1 aromatic heterocycles. The Balaban J connectivity index is 1.62. The number of ether oxygens (including phenoxy) is 1. The van der Waals surface area contributed by atoms with Gasteiger partial charge in [-0.05, 0) is 24.3 Å². The average Bonchev–Trinajstić information content (AvgIpc) is 3.04. The lowest BCUT2D eigenvalue weighted by Crippen LogP contribution is -2.31. The molecule has 0 radical (unpaired) electrons. The van der Waals surface area contributed by atoms with Gasteiger partial charge in [0.25, 0.3) is 5.91 Å². The van der Waals surface area contributed by atoms with Gasteiger partial charge in [-0.25, -0.2) is 4.98 Å². The second kappa shape index (κ2) is 6.22. The van der Waals surface area contributed by atoms with Crippen LogP contribution in [0.3, 0.4) is 0 Å². The third kappa shape index (κ3) is 3.04. The molecule has 1 aliphatic rings. The smallest absolute Gasteiger partial charge is 0.253 e. The second-order valence-corrected chi connectivity index (χ2v) is 5.01. The highest BCUT2D eigenvalue weighted by atomic mass is 16.5. The molecule has 0 spiro atoms. The zero-order valence-corrected chi connectivity index (χ0v) is 11.8. The number of likely N-dealkylation sites (tertiary alicyclic amines) is 1. The van der Waals surface area contributed by atoms with Crippen molar-refractivity contribution >= 4 is 5.91 Å². The summed E-state index contributed by atoms with van der Waals surface area (Å²) in [5.74, 6) is 0.426. The van der Waals surface area contributed by atoms with Crippen molar-refractivity contribution in [3.63, 3.8) is 0 Å². The average molecular weight is 294 g/mol. The first-order valence-corrected chi connectivity index (χ1v) is 6.98. The molecule has 1 aliphatic heterocycles. The van der Waals surface area contributed by atoms with Crippen LogP contribution in [-0.2, 0) is 0 Å². The molecule has 0 saturated carbocycles. The third-order valence-electron chi connectivity index (χ3n) is 3.52. The van der Waals surface area contributed by atoms with Gasteiger partial charge in [-0.3, -0.25) is 9.78 Å². The van der Waals surface area contributed by atoms with Gasteiger partial charge in [-0.15, -0.1) is 0 Å². The van der Waals surface area contributed by atoms with Crippen LogP contribution in [0, 0.1) is 11.3 Å². The highest BCUT2D eigenvalue weighted by Gasteiger charge is 2.28. The molecule has 1 unspecified atom stereocenters. The second-order valence-electron chi connectivity index (χ2n) is 5.01. The molecule has 1 amide bonds. The number of carbonyl (C=O) groups is 1. The maximum absolute atomic E-state index is 12.4. The lowest BCUT2D eigenvalue weighted by molar-refractivity contribution is 0.0771. The van der Waals surface area contributed by atoms with Crippen LogP contribution in [0.4, 0.5) is 0 Å². The Hall–Kier alpha value is -2.94. The van der Waals surface area contributed by atoms with E-state index in [0.29, 0.717) is 30.1 Å².